The summed E-state index contributed by atoms with van der Waals surface area (Å²) in [7, 11) is 3.51. The zero-order valence-electron chi connectivity index (χ0n) is 18.6. The molecule has 8 nitrogen and oxygen atoms in total. The second-order valence-electron chi connectivity index (χ2n) is 7.02. The molecule has 2 aromatic rings. The van der Waals surface area contributed by atoms with E-state index < -0.39 is 0 Å². The maximum absolute atomic E-state index is 5.67. The van der Waals surface area contributed by atoms with E-state index in [1.807, 2.05) is 26.1 Å². The summed E-state index contributed by atoms with van der Waals surface area (Å²) >= 11 is 0. The third-order valence-corrected chi connectivity index (χ3v) is 5.08. The maximum Gasteiger partial charge on any atom is 0.225 e. The number of methoxy groups -OCH3 is 1. The number of nitrogens with zero attached hydrogens (tertiary/aromatic N) is 5. The minimum atomic E-state index is 0. The van der Waals surface area contributed by atoms with E-state index in [0.29, 0.717) is 6.61 Å². The van der Waals surface area contributed by atoms with E-state index in [4.69, 9.17) is 9.47 Å². The number of nitrogens with one attached hydrogen (secondary N) is 1. The first-order valence-electron chi connectivity index (χ1n) is 10.5. The fourth-order valence-corrected chi connectivity index (χ4v) is 3.54. The first-order valence-corrected chi connectivity index (χ1v) is 10.5. The van der Waals surface area contributed by atoms with E-state index in [2.05, 4.69) is 42.2 Å². The number of benzene rings is 1. The highest BCUT2D eigenvalue weighted by atomic mass is 127. The predicted molar refractivity (Wildman–Crippen MR) is 135 cm³/mol. The highest BCUT2D eigenvalue weighted by molar-refractivity contribution is 14.0. The van der Waals surface area contributed by atoms with Gasteiger partial charge in [0.2, 0.25) is 5.95 Å². The summed E-state index contributed by atoms with van der Waals surface area (Å²) < 4.78 is 11.0. The summed E-state index contributed by atoms with van der Waals surface area (Å²) in [5.74, 6) is 3.33. The first-order chi connectivity index (χ1) is 14.7. The molecule has 0 spiro atoms. The van der Waals surface area contributed by atoms with E-state index >= 15 is 0 Å². The smallest absolute Gasteiger partial charge is 0.225 e. The molecule has 1 fully saturated rings. The summed E-state index contributed by atoms with van der Waals surface area (Å²) in [5, 5.41) is 3.50. The van der Waals surface area contributed by atoms with Crippen molar-refractivity contribution in [2.75, 3.05) is 58.4 Å². The zero-order chi connectivity index (χ0) is 21.2. The lowest BCUT2D eigenvalue weighted by molar-refractivity contribution is 0.310. The van der Waals surface area contributed by atoms with Gasteiger partial charge in [-0.25, -0.2) is 9.97 Å². The van der Waals surface area contributed by atoms with Crippen LogP contribution in [0.15, 0.2) is 41.7 Å². The van der Waals surface area contributed by atoms with E-state index in [0.717, 1.165) is 69.0 Å². The maximum atomic E-state index is 5.67. The Labute approximate surface area is 202 Å². The third-order valence-electron chi connectivity index (χ3n) is 5.08. The van der Waals surface area contributed by atoms with Crippen LogP contribution in [0.2, 0.25) is 0 Å². The average molecular weight is 540 g/mol. The molecule has 0 atom stereocenters. The van der Waals surface area contributed by atoms with Crippen molar-refractivity contribution in [1.29, 1.82) is 0 Å². The van der Waals surface area contributed by atoms with Crippen molar-refractivity contribution in [3.05, 3.63) is 42.2 Å². The van der Waals surface area contributed by atoms with Gasteiger partial charge in [-0.05, 0) is 43.5 Å². The summed E-state index contributed by atoms with van der Waals surface area (Å²) in [6.45, 7) is 7.04. The lowest BCUT2D eigenvalue weighted by Crippen LogP contribution is -2.53. The number of hydrogen-bond donors (Lipinski definition) is 1. The van der Waals surface area contributed by atoms with Crippen LogP contribution in [-0.4, -0.2) is 74.3 Å². The molecule has 1 aliphatic heterocycles. The number of guanidine groups is 1. The number of aromatic nitrogens is 2. The molecule has 2 heterocycles. The lowest BCUT2D eigenvalue weighted by Gasteiger charge is -2.36. The van der Waals surface area contributed by atoms with Crippen molar-refractivity contribution < 1.29 is 9.47 Å². The van der Waals surface area contributed by atoms with Crippen LogP contribution in [0.3, 0.4) is 0 Å². The van der Waals surface area contributed by atoms with Gasteiger partial charge in [0.15, 0.2) is 17.5 Å². The normalized spacial score (nSPS) is 14.1. The van der Waals surface area contributed by atoms with Gasteiger partial charge in [0.25, 0.3) is 0 Å². The van der Waals surface area contributed by atoms with Gasteiger partial charge in [-0.3, -0.25) is 4.99 Å². The Hall–Kier alpha value is -2.30. The molecule has 1 aromatic carbocycles. The Morgan fingerprint density at radius 1 is 1.13 bits per heavy atom. The minimum absolute atomic E-state index is 0. The second kappa shape index (κ2) is 13.2. The van der Waals surface area contributed by atoms with E-state index in [1.165, 1.54) is 5.56 Å². The van der Waals surface area contributed by atoms with E-state index in [9.17, 15) is 0 Å². The largest absolute Gasteiger partial charge is 0.493 e. The van der Waals surface area contributed by atoms with Gasteiger partial charge in [-0.15, -0.1) is 24.0 Å². The average Bonchev–Trinajstić information content (AvgIpc) is 2.80. The fraction of sp³-hybridized carbons (Fsp3) is 0.500. The van der Waals surface area contributed by atoms with Gasteiger partial charge >= 0.3 is 0 Å². The summed E-state index contributed by atoms with van der Waals surface area (Å²) in [6, 6.07) is 7.99. The first kappa shape index (κ1) is 25.0. The molecule has 31 heavy (non-hydrogen) atoms. The molecule has 1 saturated heterocycles. The zero-order valence-corrected chi connectivity index (χ0v) is 20.9. The van der Waals surface area contributed by atoms with Crippen LogP contribution in [0, 0.1) is 0 Å². The molecule has 0 radical (unpaired) electrons. The molecular weight excluding hydrogens is 507 g/mol. The quantitative estimate of drug-likeness (QED) is 0.239. The van der Waals surface area contributed by atoms with Crippen molar-refractivity contribution in [2.45, 2.75) is 19.8 Å². The van der Waals surface area contributed by atoms with Crippen LogP contribution < -0.4 is 19.7 Å². The minimum Gasteiger partial charge on any atom is -0.493 e. The number of aryl methyl sites for hydroxylation is 1. The third kappa shape index (κ3) is 7.12. The van der Waals surface area contributed by atoms with Gasteiger partial charge in [-0.2, -0.15) is 0 Å². The summed E-state index contributed by atoms with van der Waals surface area (Å²) in [5.41, 5.74) is 1.24. The van der Waals surface area contributed by atoms with Crippen LogP contribution in [0.1, 0.15) is 18.9 Å². The Kier molecular flexibility index (Phi) is 10.6. The van der Waals surface area contributed by atoms with Crippen molar-refractivity contribution in [3.63, 3.8) is 0 Å². The molecule has 1 aromatic heterocycles. The van der Waals surface area contributed by atoms with Crippen LogP contribution in [0.25, 0.3) is 0 Å². The van der Waals surface area contributed by atoms with Gasteiger partial charge < -0.3 is 24.6 Å². The van der Waals surface area contributed by atoms with Crippen molar-refractivity contribution in [3.8, 4) is 11.5 Å². The highest BCUT2D eigenvalue weighted by Gasteiger charge is 2.20. The Bertz CT molecular complexity index is 813. The number of piperazine rings is 1. The molecule has 170 valence electrons. The molecule has 0 unspecified atom stereocenters. The van der Waals surface area contributed by atoms with Crippen LogP contribution in [0.5, 0.6) is 11.5 Å². The fourth-order valence-electron chi connectivity index (χ4n) is 3.54. The monoisotopic (exact) mass is 540 g/mol. The highest BCUT2D eigenvalue weighted by Crippen LogP contribution is 2.28. The lowest BCUT2D eigenvalue weighted by atomic mass is 10.1. The van der Waals surface area contributed by atoms with Gasteiger partial charge in [0.1, 0.15) is 0 Å². The molecule has 1 aliphatic rings. The van der Waals surface area contributed by atoms with Gasteiger partial charge in [0, 0.05) is 52.2 Å². The van der Waals surface area contributed by atoms with Crippen molar-refractivity contribution in [2.24, 2.45) is 4.99 Å². The number of halogens is 1. The van der Waals surface area contributed by atoms with Gasteiger partial charge in [-0.1, -0.05) is 6.07 Å². The number of anilines is 1. The number of aliphatic imine (C=N–C) groups is 1. The molecule has 9 heteroatoms. The molecule has 0 saturated carbocycles. The van der Waals surface area contributed by atoms with Crippen molar-refractivity contribution in [1.82, 2.24) is 20.2 Å². The Morgan fingerprint density at radius 3 is 2.52 bits per heavy atom. The van der Waals surface area contributed by atoms with Crippen LogP contribution >= 0.6 is 24.0 Å². The summed E-state index contributed by atoms with van der Waals surface area (Å²) in [4.78, 5) is 17.7. The van der Waals surface area contributed by atoms with Crippen LogP contribution in [0.4, 0.5) is 5.95 Å². The van der Waals surface area contributed by atoms with E-state index in [-0.39, 0.29) is 24.0 Å². The molecule has 0 bridgehead atoms. The summed E-state index contributed by atoms with van der Waals surface area (Å²) in [6.07, 6.45) is 5.55. The predicted octanol–water partition coefficient (Wildman–Crippen LogP) is 2.83. The molecule has 1 N–H and O–H groups in total. The SMILES string of the molecule is CCOc1cc(CCCNC(=NC)N2CCN(c3ncccn3)CC2)ccc1OC.I. The molecule has 0 amide bonds. The number of hydrogen-bond acceptors (Lipinski definition) is 6. The van der Waals surface area contributed by atoms with E-state index in [1.54, 1.807) is 19.5 Å². The molecular formula is C22H33IN6O2. The standard InChI is InChI=1S/C22H32N6O2.HI/c1-4-30-20-17-18(8-9-19(20)29-3)7-5-10-24-21(23-2)27-13-15-28(16-14-27)22-25-11-6-12-26-22;/h6,8-9,11-12,17H,4-5,7,10,13-16H2,1-3H3,(H,23,24);1H. The molecule has 3 rings (SSSR count). The van der Waals surface area contributed by atoms with Gasteiger partial charge in [0.05, 0.1) is 13.7 Å². The number of ether oxygens (including phenoxy) is 2. The Balaban J connectivity index is 0.00000341. The van der Waals surface area contributed by atoms with Crippen molar-refractivity contribution >= 4 is 35.9 Å². The van der Waals surface area contributed by atoms with Crippen LogP contribution in [-0.2, 0) is 6.42 Å². The topological polar surface area (TPSA) is 75.1 Å². The molecule has 0 aliphatic carbocycles. The number of rotatable bonds is 8. The second-order valence-corrected chi connectivity index (χ2v) is 7.02. The Morgan fingerprint density at radius 2 is 1.87 bits per heavy atom.